The number of amides is 7. The zero-order valence-electron chi connectivity index (χ0n) is 38.3. The lowest BCUT2D eigenvalue weighted by Crippen LogP contribution is -2.59. The molecule has 0 saturated carbocycles. The lowest BCUT2D eigenvalue weighted by molar-refractivity contribution is -0.139. The fourth-order valence-corrected chi connectivity index (χ4v) is 7.67. The number of primary amides is 1. The van der Waals surface area contributed by atoms with Crippen LogP contribution in [0, 0.1) is 35.0 Å². The summed E-state index contributed by atoms with van der Waals surface area (Å²) in [5.41, 5.74) is 15.1. The average Bonchev–Trinajstić information content (AvgIpc) is 3.65. The van der Waals surface area contributed by atoms with Gasteiger partial charge in [-0.3, -0.25) is 19.2 Å². The lowest BCUT2D eigenvalue weighted by atomic mass is 9.98. The summed E-state index contributed by atoms with van der Waals surface area (Å²) in [6, 6.07) is 15.8. The standard InChI is InChI=1S/C48H52F5N7O10/c1-25(2)41(59-44(63)35(16-8-9-21-54)60(26(3)61)47(66)68-24-33-31-13-6-4-11-29(31)30-12-5-7-14-32(30)33)45(64)58-34(15-10-22-56-46(55)65)43(62)57-28-19-17-27(18-20-28)23-69-48(67)70-42-39(52)37(50)36(49)38(51)40(42)53/h4-7,11-14,17-20,25,33-35,41H,8-10,15-16,21-24,54H2,1-3H3,(H,57,62)(H,58,64)(H,59,63)(H3,55,56,65)/t34-,35-,41-/m0/s1. The number of nitrogens with zero attached hydrogens (tertiary/aromatic N) is 1. The van der Waals surface area contributed by atoms with Crippen molar-refractivity contribution in [2.75, 3.05) is 25.0 Å². The van der Waals surface area contributed by atoms with E-state index in [0.717, 1.165) is 34.1 Å². The first-order chi connectivity index (χ1) is 33.3. The molecule has 7 amide bonds. The highest BCUT2D eigenvalue weighted by Gasteiger charge is 2.38. The van der Waals surface area contributed by atoms with Gasteiger partial charge in [0.15, 0.2) is 0 Å². The van der Waals surface area contributed by atoms with Crippen LogP contribution in [0.2, 0.25) is 0 Å². The van der Waals surface area contributed by atoms with Crippen LogP contribution in [0.15, 0.2) is 72.8 Å². The van der Waals surface area contributed by atoms with Gasteiger partial charge < -0.3 is 46.9 Å². The van der Waals surface area contributed by atoms with E-state index in [4.69, 9.17) is 20.9 Å². The monoisotopic (exact) mass is 981 g/mol. The summed E-state index contributed by atoms with van der Waals surface area (Å²) in [5.74, 6) is -17.9. The van der Waals surface area contributed by atoms with Crippen LogP contribution in [-0.4, -0.2) is 84.6 Å². The molecule has 374 valence electrons. The van der Waals surface area contributed by atoms with Crippen molar-refractivity contribution in [2.45, 2.75) is 83.5 Å². The summed E-state index contributed by atoms with van der Waals surface area (Å²) in [4.78, 5) is 93.2. The maximum atomic E-state index is 14.2. The first-order valence-electron chi connectivity index (χ1n) is 22.1. The van der Waals surface area contributed by atoms with E-state index >= 15 is 0 Å². The molecule has 0 bridgehead atoms. The Balaban J connectivity index is 1.26. The Morgan fingerprint density at radius 2 is 1.29 bits per heavy atom. The number of anilines is 1. The highest BCUT2D eigenvalue weighted by atomic mass is 19.2. The van der Waals surface area contributed by atoms with Crippen LogP contribution in [-0.2, 0) is 35.3 Å². The first-order valence-corrected chi connectivity index (χ1v) is 22.1. The molecule has 0 spiro atoms. The van der Waals surface area contributed by atoms with Crippen molar-refractivity contribution < 1.29 is 69.7 Å². The number of benzene rings is 4. The van der Waals surface area contributed by atoms with Crippen molar-refractivity contribution in [3.05, 3.63) is 119 Å². The number of unbranched alkanes of at least 4 members (excludes halogenated alkanes) is 1. The first kappa shape index (κ1) is 53.3. The van der Waals surface area contributed by atoms with Crippen molar-refractivity contribution in [1.29, 1.82) is 0 Å². The number of nitrogens with two attached hydrogens (primary N) is 2. The van der Waals surface area contributed by atoms with Gasteiger partial charge >= 0.3 is 18.3 Å². The number of imide groups is 1. The van der Waals surface area contributed by atoms with E-state index in [9.17, 15) is 55.5 Å². The molecule has 0 heterocycles. The van der Waals surface area contributed by atoms with Gasteiger partial charge in [0.2, 0.25) is 58.5 Å². The Bertz CT molecular complexity index is 2510. The number of fused-ring (bicyclic) bond motifs is 3. The van der Waals surface area contributed by atoms with Crippen LogP contribution in [0.4, 0.5) is 42.0 Å². The average molecular weight is 982 g/mol. The summed E-state index contributed by atoms with van der Waals surface area (Å²) in [5, 5.41) is 10.3. The summed E-state index contributed by atoms with van der Waals surface area (Å²) in [7, 11) is 0. The molecule has 70 heavy (non-hydrogen) atoms. The van der Waals surface area contributed by atoms with Gasteiger partial charge in [-0.2, -0.15) is 8.78 Å². The summed E-state index contributed by atoms with van der Waals surface area (Å²) < 4.78 is 83.0. The summed E-state index contributed by atoms with van der Waals surface area (Å²) in [6.45, 7) is 3.88. The third-order valence-corrected chi connectivity index (χ3v) is 11.2. The summed E-state index contributed by atoms with van der Waals surface area (Å²) in [6.07, 6.45) is -2.05. The summed E-state index contributed by atoms with van der Waals surface area (Å²) >= 11 is 0. The zero-order chi connectivity index (χ0) is 51.2. The second-order valence-corrected chi connectivity index (χ2v) is 16.4. The van der Waals surface area contributed by atoms with Gasteiger partial charge in [-0.15, -0.1) is 0 Å². The molecular weight excluding hydrogens is 930 g/mol. The van der Waals surface area contributed by atoms with E-state index in [1.807, 2.05) is 48.5 Å². The van der Waals surface area contributed by atoms with Crippen molar-refractivity contribution in [2.24, 2.45) is 17.4 Å². The number of carbonyl (C=O) groups is 7. The molecule has 5 rings (SSSR count). The minimum absolute atomic E-state index is 0.0159. The molecule has 1 aliphatic carbocycles. The van der Waals surface area contributed by atoms with Crippen molar-refractivity contribution in [3.8, 4) is 16.9 Å². The van der Waals surface area contributed by atoms with Gasteiger partial charge in [-0.05, 0) is 84.5 Å². The molecule has 0 aromatic heterocycles. The number of carbonyl (C=O) groups excluding carboxylic acids is 7. The number of hydrogen-bond donors (Lipinski definition) is 6. The largest absolute Gasteiger partial charge is 0.514 e. The number of urea groups is 1. The predicted molar refractivity (Wildman–Crippen MR) is 242 cm³/mol. The molecule has 22 heteroatoms. The molecule has 0 radical (unpaired) electrons. The highest BCUT2D eigenvalue weighted by molar-refractivity contribution is 6.00. The fourth-order valence-electron chi connectivity index (χ4n) is 7.67. The van der Waals surface area contributed by atoms with Crippen LogP contribution in [0.25, 0.3) is 11.1 Å². The number of nitrogens with one attached hydrogen (secondary N) is 4. The van der Waals surface area contributed by atoms with Crippen LogP contribution in [0.3, 0.4) is 0 Å². The van der Waals surface area contributed by atoms with Crippen molar-refractivity contribution in [3.63, 3.8) is 0 Å². The van der Waals surface area contributed by atoms with Gasteiger partial charge in [0.1, 0.15) is 31.3 Å². The molecule has 1 aliphatic rings. The van der Waals surface area contributed by atoms with E-state index in [1.54, 1.807) is 13.8 Å². The Labute approximate surface area is 398 Å². The Kier molecular flexibility index (Phi) is 18.7. The maximum absolute atomic E-state index is 14.2. The number of ether oxygens (including phenoxy) is 3. The predicted octanol–water partition coefficient (Wildman–Crippen LogP) is 6.41. The van der Waals surface area contributed by atoms with E-state index < -0.39 is 107 Å². The van der Waals surface area contributed by atoms with Gasteiger partial charge in [-0.1, -0.05) is 74.5 Å². The molecule has 4 aromatic rings. The number of rotatable bonds is 21. The number of halogens is 5. The van der Waals surface area contributed by atoms with Gasteiger partial charge in [0.05, 0.1) is 0 Å². The molecule has 0 aliphatic heterocycles. The van der Waals surface area contributed by atoms with Crippen LogP contribution < -0.4 is 37.5 Å². The van der Waals surface area contributed by atoms with E-state index in [0.29, 0.717) is 12.8 Å². The van der Waals surface area contributed by atoms with Gasteiger partial charge in [0.25, 0.3) is 0 Å². The normalized spacial score (nSPS) is 12.9. The molecule has 8 N–H and O–H groups in total. The van der Waals surface area contributed by atoms with Gasteiger partial charge in [-0.25, -0.2) is 32.5 Å². The van der Waals surface area contributed by atoms with Crippen LogP contribution >= 0.6 is 0 Å². The topological polar surface area (TPSA) is 251 Å². The molecule has 0 fully saturated rings. The van der Waals surface area contributed by atoms with E-state index in [2.05, 4.69) is 26.0 Å². The van der Waals surface area contributed by atoms with Crippen LogP contribution in [0.1, 0.15) is 75.5 Å². The van der Waals surface area contributed by atoms with Crippen molar-refractivity contribution >= 4 is 47.6 Å². The molecule has 4 aromatic carbocycles. The molecular formula is C48H52F5N7O10. The highest BCUT2D eigenvalue weighted by Crippen LogP contribution is 2.44. The lowest BCUT2D eigenvalue weighted by Gasteiger charge is -2.31. The second-order valence-electron chi connectivity index (χ2n) is 16.4. The Morgan fingerprint density at radius 1 is 0.700 bits per heavy atom. The minimum atomic E-state index is -2.45. The third kappa shape index (κ3) is 13.3. The number of hydrogen-bond acceptors (Lipinski definition) is 11. The molecule has 17 nitrogen and oxygen atoms in total. The smallest absolute Gasteiger partial charge is 0.448 e. The molecule has 0 unspecified atom stereocenters. The SMILES string of the molecule is CC(=O)N(C(=O)OCC1c2ccccc2-c2ccccc21)[C@@H](CCCCN)C(=O)N[C@H](C(=O)N[C@@H](CCCNC(N)=O)C(=O)Nc1ccc(COC(=O)Oc2c(F)c(F)c(F)c(F)c2F)cc1)C(C)C. The third-order valence-electron chi connectivity index (χ3n) is 11.2. The van der Waals surface area contributed by atoms with E-state index in [-0.39, 0.29) is 56.1 Å². The second kappa shape index (κ2) is 24.6. The Morgan fingerprint density at radius 3 is 1.84 bits per heavy atom. The van der Waals surface area contributed by atoms with Gasteiger partial charge in [0, 0.05) is 25.1 Å². The zero-order valence-corrected chi connectivity index (χ0v) is 38.3. The van der Waals surface area contributed by atoms with E-state index in [1.165, 1.54) is 24.3 Å². The minimum Gasteiger partial charge on any atom is -0.448 e. The Hall–Kier alpha value is -7.62. The molecule has 0 saturated heterocycles. The fraction of sp³-hybridized carbons (Fsp3) is 0.354. The van der Waals surface area contributed by atoms with Crippen molar-refractivity contribution in [1.82, 2.24) is 20.9 Å². The maximum Gasteiger partial charge on any atom is 0.514 e. The van der Waals surface area contributed by atoms with Crippen LogP contribution in [0.5, 0.6) is 5.75 Å². The quantitative estimate of drug-likeness (QED) is 0.0133. The molecule has 3 atom stereocenters.